The van der Waals surface area contributed by atoms with Crippen molar-refractivity contribution in [3.63, 3.8) is 0 Å². The highest BCUT2D eigenvalue weighted by Crippen LogP contribution is 2.25. The van der Waals surface area contributed by atoms with Crippen molar-refractivity contribution >= 4 is 23.0 Å². The normalized spacial score (nSPS) is 18.6. The van der Waals surface area contributed by atoms with Gasteiger partial charge in [-0.2, -0.15) is 10.2 Å². The molecule has 0 aliphatic carbocycles. The van der Waals surface area contributed by atoms with Gasteiger partial charge in [0.2, 0.25) is 11.8 Å². The Morgan fingerprint density at radius 2 is 2.10 bits per heavy atom. The molecule has 0 bridgehead atoms. The van der Waals surface area contributed by atoms with Crippen LogP contribution in [0.1, 0.15) is 40.2 Å². The van der Waals surface area contributed by atoms with Gasteiger partial charge in [0.05, 0.1) is 47.4 Å². The second-order valence-electron chi connectivity index (χ2n) is 10.2. The Kier molecular flexibility index (Phi) is 7.45. The Bertz CT molecular complexity index is 1630. The number of carboxylic acids is 1. The SMILES string of the molecule is N#Cc1ccc(COc2ccnc(NC3CCN(Cc4nc5ccc(C(=O)O)cc5n4CC4CCO4)C3)n2)c(F)c1. The van der Waals surface area contributed by atoms with Crippen LogP contribution < -0.4 is 10.1 Å². The molecule has 6 rings (SSSR count). The lowest BCUT2D eigenvalue weighted by molar-refractivity contribution is -0.0591. The minimum Gasteiger partial charge on any atom is -0.478 e. The van der Waals surface area contributed by atoms with Crippen molar-refractivity contribution in [1.82, 2.24) is 24.4 Å². The van der Waals surface area contributed by atoms with Gasteiger partial charge in [-0.05, 0) is 43.2 Å². The second kappa shape index (κ2) is 11.5. The highest BCUT2D eigenvalue weighted by atomic mass is 19.1. The molecule has 0 spiro atoms. The molecule has 210 valence electrons. The molecule has 41 heavy (non-hydrogen) atoms. The van der Waals surface area contributed by atoms with E-state index in [4.69, 9.17) is 19.7 Å². The predicted molar refractivity (Wildman–Crippen MR) is 146 cm³/mol. The van der Waals surface area contributed by atoms with Crippen LogP contribution in [0.4, 0.5) is 10.3 Å². The molecule has 2 aliphatic rings. The van der Waals surface area contributed by atoms with Crippen molar-refractivity contribution in [2.24, 2.45) is 0 Å². The fourth-order valence-electron chi connectivity index (χ4n) is 5.12. The van der Waals surface area contributed by atoms with Crippen molar-refractivity contribution in [2.75, 3.05) is 25.0 Å². The maximum atomic E-state index is 14.2. The molecule has 2 N–H and O–H groups in total. The van der Waals surface area contributed by atoms with Crippen LogP contribution >= 0.6 is 0 Å². The van der Waals surface area contributed by atoms with Crippen LogP contribution in [0.25, 0.3) is 11.0 Å². The van der Waals surface area contributed by atoms with Crippen LogP contribution in [0.5, 0.6) is 5.88 Å². The molecule has 2 unspecified atom stereocenters. The molecular weight excluding hydrogens is 529 g/mol. The zero-order valence-corrected chi connectivity index (χ0v) is 22.2. The van der Waals surface area contributed by atoms with Gasteiger partial charge in [-0.25, -0.2) is 19.2 Å². The summed E-state index contributed by atoms with van der Waals surface area (Å²) in [5.74, 6) is 0.144. The molecule has 0 radical (unpaired) electrons. The van der Waals surface area contributed by atoms with E-state index in [0.717, 1.165) is 49.4 Å². The maximum Gasteiger partial charge on any atom is 0.335 e. The van der Waals surface area contributed by atoms with E-state index >= 15 is 0 Å². The van der Waals surface area contributed by atoms with Crippen molar-refractivity contribution in [3.05, 3.63) is 77.0 Å². The molecule has 2 aromatic heterocycles. The van der Waals surface area contributed by atoms with Crippen LogP contribution in [0.15, 0.2) is 48.7 Å². The number of nitriles is 1. The number of anilines is 1. The van der Waals surface area contributed by atoms with E-state index in [1.54, 1.807) is 36.5 Å². The van der Waals surface area contributed by atoms with Crippen LogP contribution in [-0.2, 0) is 24.4 Å². The van der Waals surface area contributed by atoms with Crippen molar-refractivity contribution in [2.45, 2.75) is 44.7 Å². The Morgan fingerprint density at radius 1 is 1.22 bits per heavy atom. The zero-order valence-electron chi connectivity index (χ0n) is 22.2. The number of fused-ring (bicyclic) bond motifs is 1. The fourth-order valence-corrected chi connectivity index (χ4v) is 5.12. The Hall–Kier alpha value is -4.60. The first-order valence-electron chi connectivity index (χ1n) is 13.4. The molecule has 2 aromatic carbocycles. The summed E-state index contributed by atoms with van der Waals surface area (Å²) in [6, 6.07) is 12.9. The number of likely N-dealkylation sites (tertiary alicyclic amines) is 1. The van der Waals surface area contributed by atoms with Crippen LogP contribution in [0.2, 0.25) is 0 Å². The lowest BCUT2D eigenvalue weighted by atomic mass is 10.1. The number of ether oxygens (including phenoxy) is 2. The van der Waals surface area contributed by atoms with Crippen molar-refractivity contribution in [1.29, 1.82) is 5.26 Å². The van der Waals surface area contributed by atoms with E-state index < -0.39 is 11.8 Å². The van der Waals surface area contributed by atoms with Crippen molar-refractivity contribution < 1.29 is 23.8 Å². The third-order valence-corrected chi connectivity index (χ3v) is 7.41. The molecule has 2 saturated heterocycles. The summed E-state index contributed by atoms with van der Waals surface area (Å²) in [5, 5.41) is 21.8. The molecule has 2 fully saturated rings. The van der Waals surface area contributed by atoms with Gasteiger partial charge < -0.3 is 24.5 Å². The summed E-state index contributed by atoms with van der Waals surface area (Å²) < 4.78 is 27.6. The first-order chi connectivity index (χ1) is 19.9. The van der Waals surface area contributed by atoms with Gasteiger partial charge in [0.1, 0.15) is 18.2 Å². The predicted octanol–water partition coefficient (Wildman–Crippen LogP) is 3.59. The summed E-state index contributed by atoms with van der Waals surface area (Å²) >= 11 is 0. The van der Waals surface area contributed by atoms with E-state index in [2.05, 4.69) is 24.8 Å². The smallest absolute Gasteiger partial charge is 0.335 e. The van der Waals surface area contributed by atoms with E-state index in [-0.39, 0.29) is 29.9 Å². The number of halogens is 1. The third-order valence-electron chi connectivity index (χ3n) is 7.41. The summed E-state index contributed by atoms with van der Waals surface area (Å²) in [6.45, 7) is 3.56. The molecule has 12 heteroatoms. The number of hydrogen-bond acceptors (Lipinski definition) is 9. The standard InChI is InChI=1S/C29H28FN7O4/c30-23-11-18(13-31)1-2-20(23)17-41-27-5-8-32-29(35-27)33-21-6-9-36(14-21)16-26-34-24-4-3-19(28(38)39)12-25(24)37(26)15-22-7-10-40-22/h1-5,8,11-12,21-22H,6-7,9-10,14-17H2,(H,38,39)(H,32,33,35). The average Bonchev–Trinajstić information content (AvgIpc) is 3.53. The summed E-state index contributed by atoms with van der Waals surface area (Å²) in [7, 11) is 0. The number of nitrogens with zero attached hydrogens (tertiary/aromatic N) is 6. The Labute approximate surface area is 235 Å². The number of carboxylic acid groups (broad SMARTS) is 1. The summed E-state index contributed by atoms with van der Waals surface area (Å²) in [4.78, 5) is 27.4. The molecule has 0 amide bonds. The second-order valence-corrected chi connectivity index (χ2v) is 10.2. The number of imidazole rings is 1. The largest absolute Gasteiger partial charge is 0.478 e. The highest BCUT2D eigenvalue weighted by Gasteiger charge is 2.27. The number of nitrogens with one attached hydrogen (secondary N) is 1. The first kappa shape index (κ1) is 26.6. The molecule has 4 aromatic rings. The summed E-state index contributed by atoms with van der Waals surface area (Å²) in [6.07, 6.45) is 3.54. The van der Waals surface area contributed by atoms with Crippen LogP contribution in [-0.4, -0.2) is 67.3 Å². The molecule has 0 saturated carbocycles. The van der Waals surface area contributed by atoms with E-state index in [1.165, 1.54) is 12.1 Å². The lowest BCUT2D eigenvalue weighted by Crippen LogP contribution is -2.33. The van der Waals surface area contributed by atoms with E-state index in [9.17, 15) is 14.3 Å². The lowest BCUT2D eigenvalue weighted by Gasteiger charge is -2.28. The van der Waals surface area contributed by atoms with Crippen LogP contribution in [0, 0.1) is 17.1 Å². The number of rotatable bonds is 10. The number of carbonyl (C=O) groups is 1. The minimum absolute atomic E-state index is 0.0218. The highest BCUT2D eigenvalue weighted by molar-refractivity contribution is 5.92. The molecule has 4 heterocycles. The summed E-state index contributed by atoms with van der Waals surface area (Å²) in [5.41, 5.74) is 2.39. The average molecular weight is 558 g/mol. The zero-order chi connectivity index (χ0) is 28.3. The van der Waals surface area contributed by atoms with E-state index in [0.29, 0.717) is 30.5 Å². The number of benzene rings is 2. The van der Waals surface area contributed by atoms with Gasteiger partial charge in [0.15, 0.2) is 0 Å². The van der Waals surface area contributed by atoms with Crippen molar-refractivity contribution in [3.8, 4) is 11.9 Å². The van der Waals surface area contributed by atoms with Gasteiger partial charge in [0.25, 0.3) is 0 Å². The minimum atomic E-state index is -0.965. The van der Waals surface area contributed by atoms with Gasteiger partial charge in [-0.1, -0.05) is 6.07 Å². The van der Waals surface area contributed by atoms with Gasteiger partial charge in [-0.15, -0.1) is 0 Å². The van der Waals surface area contributed by atoms with Crippen LogP contribution in [0.3, 0.4) is 0 Å². The third kappa shape index (κ3) is 5.96. The number of aromatic nitrogens is 4. The van der Waals surface area contributed by atoms with Gasteiger partial charge in [0, 0.05) is 43.6 Å². The monoisotopic (exact) mass is 557 g/mol. The first-order valence-corrected chi connectivity index (χ1v) is 13.4. The molecule has 11 nitrogen and oxygen atoms in total. The van der Waals surface area contributed by atoms with Gasteiger partial charge in [-0.3, -0.25) is 4.90 Å². The molecule has 2 atom stereocenters. The molecule has 2 aliphatic heterocycles. The topological polar surface area (TPSA) is 138 Å². The Balaban J connectivity index is 1.09. The fraction of sp³-hybridized carbons (Fsp3) is 0.345. The van der Waals surface area contributed by atoms with Gasteiger partial charge >= 0.3 is 5.97 Å². The maximum absolute atomic E-state index is 14.2. The van der Waals surface area contributed by atoms with E-state index in [1.807, 2.05) is 6.07 Å². The quantitative estimate of drug-likeness (QED) is 0.297. The number of aromatic carboxylic acids is 1. The number of hydrogen-bond donors (Lipinski definition) is 2. The molecular formula is C29H28FN7O4. The Morgan fingerprint density at radius 3 is 2.85 bits per heavy atom.